The van der Waals surface area contributed by atoms with Gasteiger partial charge in [0.05, 0.1) is 5.92 Å². The van der Waals surface area contributed by atoms with Crippen molar-refractivity contribution < 1.29 is 9.90 Å². The molecule has 3 nitrogen and oxygen atoms in total. The Bertz CT molecular complexity index is 274. The SMILES string of the molecule is CC(C)C(CN1CC2(CCCCC2)C1)C(=O)O. The Morgan fingerprint density at radius 2 is 1.82 bits per heavy atom. The van der Waals surface area contributed by atoms with Crippen molar-refractivity contribution in [1.29, 1.82) is 0 Å². The van der Waals surface area contributed by atoms with Crippen LogP contribution in [-0.2, 0) is 4.79 Å². The van der Waals surface area contributed by atoms with Gasteiger partial charge in [-0.15, -0.1) is 0 Å². The van der Waals surface area contributed by atoms with Gasteiger partial charge in [-0.25, -0.2) is 0 Å². The van der Waals surface area contributed by atoms with Crippen LogP contribution in [0.25, 0.3) is 0 Å². The van der Waals surface area contributed by atoms with Gasteiger partial charge in [0, 0.05) is 19.6 Å². The third-order valence-corrected chi connectivity index (χ3v) is 4.61. The van der Waals surface area contributed by atoms with E-state index in [1.54, 1.807) is 0 Å². The minimum atomic E-state index is -0.635. The Morgan fingerprint density at radius 1 is 1.24 bits per heavy atom. The van der Waals surface area contributed by atoms with E-state index in [4.69, 9.17) is 0 Å². The van der Waals surface area contributed by atoms with Gasteiger partial charge in [0.2, 0.25) is 0 Å². The van der Waals surface area contributed by atoms with Crippen molar-refractivity contribution in [3.05, 3.63) is 0 Å². The Kier molecular flexibility index (Phi) is 3.76. The lowest BCUT2D eigenvalue weighted by Gasteiger charge is -2.53. The molecule has 0 bridgehead atoms. The second kappa shape index (κ2) is 4.97. The molecule has 1 aliphatic heterocycles. The summed E-state index contributed by atoms with van der Waals surface area (Å²) in [5, 5.41) is 9.19. The maximum atomic E-state index is 11.2. The Labute approximate surface area is 104 Å². The molecule has 1 unspecified atom stereocenters. The van der Waals surface area contributed by atoms with E-state index in [0.29, 0.717) is 5.41 Å². The summed E-state index contributed by atoms with van der Waals surface area (Å²) in [4.78, 5) is 13.5. The fraction of sp³-hybridized carbons (Fsp3) is 0.929. The van der Waals surface area contributed by atoms with Gasteiger partial charge in [-0.05, 0) is 24.2 Å². The first-order valence-electron chi connectivity index (χ1n) is 6.98. The number of nitrogens with zero attached hydrogens (tertiary/aromatic N) is 1. The summed E-state index contributed by atoms with van der Waals surface area (Å²) >= 11 is 0. The number of hydrogen-bond donors (Lipinski definition) is 1. The van der Waals surface area contributed by atoms with Crippen molar-refractivity contribution in [3.63, 3.8) is 0 Å². The fourth-order valence-electron chi connectivity index (χ4n) is 3.50. The standard InChI is InChI=1S/C14H25NO2/c1-11(2)12(13(16)17)8-15-9-14(10-15)6-4-3-5-7-14/h11-12H,3-10H2,1-2H3,(H,16,17). The Morgan fingerprint density at radius 3 is 2.29 bits per heavy atom. The zero-order chi connectivity index (χ0) is 12.5. The van der Waals surface area contributed by atoms with E-state index in [9.17, 15) is 9.90 Å². The molecule has 3 heteroatoms. The highest BCUT2D eigenvalue weighted by Crippen LogP contribution is 2.44. The molecule has 1 saturated heterocycles. The van der Waals surface area contributed by atoms with Crippen molar-refractivity contribution in [2.45, 2.75) is 46.0 Å². The number of aliphatic carboxylic acids is 1. The van der Waals surface area contributed by atoms with Gasteiger partial charge in [0.25, 0.3) is 0 Å². The lowest BCUT2D eigenvalue weighted by atomic mass is 9.68. The van der Waals surface area contributed by atoms with E-state index in [0.717, 1.165) is 19.6 Å². The van der Waals surface area contributed by atoms with Crippen LogP contribution >= 0.6 is 0 Å². The molecule has 0 aromatic rings. The highest BCUT2D eigenvalue weighted by atomic mass is 16.4. The van der Waals surface area contributed by atoms with Crippen molar-refractivity contribution >= 4 is 5.97 Å². The number of carbonyl (C=O) groups is 1. The normalized spacial score (nSPS) is 25.8. The van der Waals surface area contributed by atoms with Gasteiger partial charge < -0.3 is 10.0 Å². The van der Waals surface area contributed by atoms with Crippen LogP contribution in [-0.4, -0.2) is 35.6 Å². The molecular weight excluding hydrogens is 214 g/mol. The zero-order valence-electron chi connectivity index (χ0n) is 11.1. The average Bonchev–Trinajstić information content (AvgIpc) is 2.23. The monoisotopic (exact) mass is 239 g/mol. The van der Waals surface area contributed by atoms with Gasteiger partial charge >= 0.3 is 5.97 Å². The predicted octanol–water partition coefficient (Wildman–Crippen LogP) is 2.61. The van der Waals surface area contributed by atoms with Crippen molar-refractivity contribution in [1.82, 2.24) is 4.90 Å². The molecule has 0 aromatic carbocycles. The molecule has 17 heavy (non-hydrogen) atoms. The molecule has 2 fully saturated rings. The molecule has 1 heterocycles. The fourth-order valence-corrected chi connectivity index (χ4v) is 3.50. The first-order valence-corrected chi connectivity index (χ1v) is 6.98. The molecule has 2 rings (SSSR count). The van der Waals surface area contributed by atoms with Gasteiger partial charge in [0.15, 0.2) is 0 Å². The molecule has 98 valence electrons. The molecule has 1 spiro atoms. The van der Waals surface area contributed by atoms with Crippen LogP contribution in [0.2, 0.25) is 0 Å². The number of likely N-dealkylation sites (tertiary alicyclic amines) is 1. The first kappa shape index (κ1) is 12.9. The third-order valence-electron chi connectivity index (χ3n) is 4.61. The Balaban J connectivity index is 1.81. The van der Waals surface area contributed by atoms with Crippen LogP contribution < -0.4 is 0 Å². The van der Waals surface area contributed by atoms with Crippen LogP contribution in [0.1, 0.15) is 46.0 Å². The summed E-state index contributed by atoms with van der Waals surface area (Å²) < 4.78 is 0. The lowest BCUT2D eigenvalue weighted by Crippen LogP contribution is -2.58. The maximum Gasteiger partial charge on any atom is 0.308 e. The first-order chi connectivity index (χ1) is 8.02. The molecule has 2 aliphatic rings. The smallest absolute Gasteiger partial charge is 0.308 e. The summed E-state index contributed by atoms with van der Waals surface area (Å²) in [5.41, 5.74) is 0.568. The molecule has 0 radical (unpaired) electrons. The summed E-state index contributed by atoms with van der Waals surface area (Å²) in [6.45, 7) is 7.05. The summed E-state index contributed by atoms with van der Waals surface area (Å²) in [6.07, 6.45) is 6.87. The zero-order valence-corrected chi connectivity index (χ0v) is 11.1. The second-order valence-corrected chi connectivity index (χ2v) is 6.42. The number of carboxylic acid groups (broad SMARTS) is 1. The van der Waals surface area contributed by atoms with E-state index in [-0.39, 0.29) is 11.8 Å². The lowest BCUT2D eigenvalue weighted by molar-refractivity contribution is -0.146. The minimum absolute atomic E-state index is 0.198. The molecule has 1 saturated carbocycles. The third kappa shape index (κ3) is 2.82. The van der Waals surface area contributed by atoms with Crippen molar-refractivity contribution in [2.24, 2.45) is 17.3 Å². The van der Waals surface area contributed by atoms with Gasteiger partial charge in [-0.3, -0.25) is 4.79 Å². The van der Waals surface area contributed by atoms with Gasteiger partial charge in [-0.1, -0.05) is 33.1 Å². The molecular formula is C14H25NO2. The Hall–Kier alpha value is -0.570. The molecule has 0 amide bonds. The number of hydrogen-bond acceptors (Lipinski definition) is 2. The summed E-state index contributed by atoms with van der Waals surface area (Å²) in [7, 11) is 0. The van der Waals surface area contributed by atoms with E-state index >= 15 is 0 Å². The van der Waals surface area contributed by atoms with Crippen LogP contribution in [0, 0.1) is 17.3 Å². The number of carboxylic acids is 1. The highest BCUT2D eigenvalue weighted by molar-refractivity contribution is 5.70. The van der Waals surface area contributed by atoms with Crippen molar-refractivity contribution in [2.75, 3.05) is 19.6 Å². The van der Waals surface area contributed by atoms with Gasteiger partial charge in [-0.2, -0.15) is 0 Å². The molecule has 1 atom stereocenters. The van der Waals surface area contributed by atoms with Crippen LogP contribution in [0.5, 0.6) is 0 Å². The predicted molar refractivity (Wildman–Crippen MR) is 67.9 cm³/mol. The van der Waals surface area contributed by atoms with Crippen LogP contribution in [0.15, 0.2) is 0 Å². The average molecular weight is 239 g/mol. The van der Waals surface area contributed by atoms with E-state index in [1.165, 1.54) is 32.1 Å². The summed E-state index contributed by atoms with van der Waals surface area (Å²) in [6, 6.07) is 0. The molecule has 1 N–H and O–H groups in total. The number of rotatable bonds is 4. The van der Waals surface area contributed by atoms with Crippen molar-refractivity contribution in [3.8, 4) is 0 Å². The van der Waals surface area contributed by atoms with Crippen LogP contribution in [0.4, 0.5) is 0 Å². The van der Waals surface area contributed by atoms with E-state index < -0.39 is 5.97 Å². The second-order valence-electron chi connectivity index (χ2n) is 6.42. The maximum absolute atomic E-state index is 11.2. The molecule has 0 aromatic heterocycles. The minimum Gasteiger partial charge on any atom is -0.481 e. The van der Waals surface area contributed by atoms with Crippen LogP contribution in [0.3, 0.4) is 0 Å². The quantitative estimate of drug-likeness (QED) is 0.820. The summed E-state index contributed by atoms with van der Waals surface area (Å²) in [5.74, 6) is -0.601. The molecule has 1 aliphatic carbocycles. The van der Waals surface area contributed by atoms with E-state index in [1.807, 2.05) is 13.8 Å². The largest absolute Gasteiger partial charge is 0.481 e. The van der Waals surface area contributed by atoms with E-state index in [2.05, 4.69) is 4.90 Å². The highest BCUT2D eigenvalue weighted by Gasteiger charge is 2.44. The topological polar surface area (TPSA) is 40.5 Å². The van der Waals surface area contributed by atoms with Gasteiger partial charge in [0.1, 0.15) is 0 Å².